The number of carbonyl (C=O) groups is 1. The van der Waals surface area contributed by atoms with Gasteiger partial charge in [0.1, 0.15) is 0 Å². The third-order valence-corrected chi connectivity index (χ3v) is 3.96. The van der Waals surface area contributed by atoms with Crippen LogP contribution in [0.1, 0.15) is 52.9 Å². The van der Waals surface area contributed by atoms with Gasteiger partial charge in [-0.15, -0.1) is 0 Å². The van der Waals surface area contributed by atoms with Crippen molar-refractivity contribution in [2.24, 2.45) is 16.5 Å². The van der Waals surface area contributed by atoms with Gasteiger partial charge >= 0.3 is 5.97 Å². The first-order valence-corrected chi connectivity index (χ1v) is 6.35. The van der Waals surface area contributed by atoms with Crippen molar-refractivity contribution in [3.8, 4) is 0 Å². The smallest absolute Gasteiger partial charge is 0.344 e. The minimum Gasteiger partial charge on any atom is -0.479 e. The Balaban J connectivity index is 2.38. The molecule has 0 amide bonds. The second-order valence-electron chi connectivity index (χ2n) is 5.44. The fraction of sp³-hybridized carbons (Fsp3) is 0.846. The maximum absolute atomic E-state index is 10.3. The highest BCUT2D eigenvalue weighted by molar-refractivity contribution is 5.84. The minimum atomic E-state index is -0.977. The van der Waals surface area contributed by atoms with Gasteiger partial charge < -0.3 is 9.94 Å². The fourth-order valence-electron chi connectivity index (χ4n) is 2.29. The number of aliphatic carboxylic acids is 1. The molecule has 1 fully saturated rings. The predicted octanol–water partition coefficient (Wildman–Crippen LogP) is 3.07. The Morgan fingerprint density at radius 1 is 1.47 bits per heavy atom. The minimum absolute atomic E-state index is 0.340. The Labute approximate surface area is 103 Å². The van der Waals surface area contributed by atoms with Crippen molar-refractivity contribution >= 4 is 11.7 Å². The highest BCUT2D eigenvalue weighted by Crippen LogP contribution is 2.39. The lowest BCUT2D eigenvalue weighted by atomic mass is 9.69. The first-order valence-electron chi connectivity index (χ1n) is 6.35. The van der Waals surface area contributed by atoms with Gasteiger partial charge in [-0.25, -0.2) is 4.79 Å². The van der Waals surface area contributed by atoms with Gasteiger partial charge in [0.2, 0.25) is 6.61 Å². The normalized spacial score (nSPS) is 21.1. The number of carboxylic acid groups (broad SMARTS) is 1. The molecule has 1 aliphatic rings. The summed E-state index contributed by atoms with van der Waals surface area (Å²) in [5.74, 6) is -0.235. The molecule has 0 aromatic rings. The average Bonchev–Trinajstić information content (AvgIpc) is 2.29. The Kier molecular flexibility index (Phi) is 4.97. The number of carboxylic acids is 1. The first-order chi connectivity index (χ1) is 7.95. The summed E-state index contributed by atoms with van der Waals surface area (Å²) in [6.07, 6.45) is 5.34. The zero-order chi connectivity index (χ0) is 12.9. The predicted molar refractivity (Wildman–Crippen MR) is 67.1 cm³/mol. The fourth-order valence-corrected chi connectivity index (χ4v) is 2.29. The molecule has 0 aliphatic heterocycles. The van der Waals surface area contributed by atoms with E-state index >= 15 is 0 Å². The van der Waals surface area contributed by atoms with Gasteiger partial charge in [-0.2, -0.15) is 0 Å². The van der Waals surface area contributed by atoms with Crippen LogP contribution in [0.5, 0.6) is 0 Å². The monoisotopic (exact) mass is 241 g/mol. The van der Waals surface area contributed by atoms with Crippen LogP contribution in [0.3, 0.4) is 0 Å². The van der Waals surface area contributed by atoms with E-state index in [1.165, 1.54) is 6.42 Å². The van der Waals surface area contributed by atoms with E-state index in [1.54, 1.807) is 0 Å². The Morgan fingerprint density at radius 3 is 2.53 bits per heavy atom. The van der Waals surface area contributed by atoms with Crippen molar-refractivity contribution in [1.29, 1.82) is 0 Å². The topological polar surface area (TPSA) is 58.9 Å². The average molecular weight is 241 g/mol. The number of rotatable bonds is 5. The molecule has 4 heteroatoms. The van der Waals surface area contributed by atoms with E-state index in [0.717, 1.165) is 37.3 Å². The molecule has 0 spiro atoms. The first kappa shape index (κ1) is 14.0. The Morgan fingerprint density at radius 2 is 2.06 bits per heavy atom. The van der Waals surface area contributed by atoms with Gasteiger partial charge in [-0.05, 0) is 37.0 Å². The van der Waals surface area contributed by atoms with Crippen LogP contribution in [-0.2, 0) is 9.63 Å². The van der Waals surface area contributed by atoms with Crippen LogP contribution in [0.4, 0.5) is 0 Å². The number of hydrogen-bond acceptors (Lipinski definition) is 3. The number of oxime groups is 1. The molecular formula is C13H23NO3. The Bertz CT molecular complexity index is 287. The lowest BCUT2D eigenvalue weighted by Gasteiger charge is -2.36. The number of hydrogen-bond donors (Lipinski definition) is 1. The molecule has 0 aromatic carbocycles. The molecule has 1 aliphatic carbocycles. The summed E-state index contributed by atoms with van der Waals surface area (Å²) in [4.78, 5) is 15.0. The zero-order valence-electron chi connectivity index (χ0n) is 11.0. The molecule has 0 saturated heterocycles. The SMILES string of the molecule is CCC(C)(C)C1CCC(=NOCC(=O)O)CC1. The van der Waals surface area contributed by atoms with Crippen molar-refractivity contribution in [3.63, 3.8) is 0 Å². The van der Waals surface area contributed by atoms with Gasteiger partial charge in [0.15, 0.2) is 0 Å². The van der Waals surface area contributed by atoms with Crippen molar-refractivity contribution < 1.29 is 14.7 Å². The van der Waals surface area contributed by atoms with Crippen molar-refractivity contribution in [1.82, 2.24) is 0 Å². The van der Waals surface area contributed by atoms with Crippen molar-refractivity contribution in [2.75, 3.05) is 6.61 Å². The third kappa shape index (κ3) is 4.36. The summed E-state index contributed by atoms with van der Waals surface area (Å²) in [7, 11) is 0. The summed E-state index contributed by atoms with van der Waals surface area (Å²) in [5, 5.41) is 12.3. The molecule has 0 heterocycles. The summed E-state index contributed by atoms with van der Waals surface area (Å²) in [6.45, 7) is 6.54. The third-order valence-electron chi connectivity index (χ3n) is 3.96. The molecule has 98 valence electrons. The molecule has 1 N–H and O–H groups in total. The highest BCUT2D eigenvalue weighted by Gasteiger charge is 2.30. The summed E-state index contributed by atoms with van der Waals surface area (Å²) in [6, 6.07) is 0. The molecule has 0 aromatic heterocycles. The molecule has 0 unspecified atom stereocenters. The standard InChI is InChI=1S/C13H23NO3/c1-4-13(2,3)10-5-7-11(8-6-10)14-17-9-12(15)16/h10H,4-9H2,1-3H3,(H,15,16). The van der Waals surface area contributed by atoms with Gasteiger partial charge in [-0.3, -0.25) is 0 Å². The molecule has 0 atom stereocenters. The van der Waals surface area contributed by atoms with Crippen molar-refractivity contribution in [2.45, 2.75) is 52.9 Å². The van der Waals surface area contributed by atoms with E-state index in [2.05, 4.69) is 25.9 Å². The summed E-state index contributed by atoms with van der Waals surface area (Å²) < 4.78 is 0. The quantitative estimate of drug-likeness (QED) is 0.752. The van der Waals surface area contributed by atoms with E-state index in [-0.39, 0.29) is 6.61 Å². The van der Waals surface area contributed by atoms with Crippen LogP contribution in [0.15, 0.2) is 5.16 Å². The molecule has 0 radical (unpaired) electrons. The van der Waals surface area contributed by atoms with Gasteiger partial charge in [0.25, 0.3) is 0 Å². The van der Waals surface area contributed by atoms with Crippen LogP contribution in [0, 0.1) is 11.3 Å². The van der Waals surface area contributed by atoms with E-state index in [1.807, 2.05) is 0 Å². The van der Waals surface area contributed by atoms with Crippen LogP contribution in [0.2, 0.25) is 0 Å². The van der Waals surface area contributed by atoms with Crippen LogP contribution < -0.4 is 0 Å². The summed E-state index contributed by atoms with van der Waals surface area (Å²) >= 11 is 0. The largest absolute Gasteiger partial charge is 0.479 e. The Hall–Kier alpha value is -1.06. The maximum Gasteiger partial charge on any atom is 0.344 e. The second kappa shape index (κ2) is 6.03. The molecule has 1 rings (SSSR count). The molecule has 1 saturated carbocycles. The van der Waals surface area contributed by atoms with E-state index in [9.17, 15) is 4.79 Å². The number of nitrogens with zero attached hydrogens (tertiary/aromatic N) is 1. The molecule has 4 nitrogen and oxygen atoms in total. The lowest BCUT2D eigenvalue weighted by molar-refractivity contribution is -0.142. The van der Waals surface area contributed by atoms with E-state index < -0.39 is 5.97 Å². The van der Waals surface area contributed by atoms with Crippen LogP contribution in [-0.4, -0.2) is 23.4 Å². The molecule has 17 heavy (non-hydrogen) atoms. The second-order valence-corrected chi connectivity index (χ2v) is 5.44. The van der Waals surface area contributed by atoms with Gasteiger partial charge in [-0.1, -0.05) is 32.3 Å². The van der Waals surface area contributed by atoms with Gasteiger partial charge in [0, 0.05) is 0 Å². The van der Waals surface area contributed by atoms with Gasteiger partial charge in [0.05, 0.1) is 5.71 Å². The zero-order valence-corrected chi connectivity index (χ0v) is 11.0. The summed E-state index contributed by atoms with van der Waals surface area (Å²) in [5.41, 5.74) is 1.40. The van der Waals surface area contributed by atoms with Crippen molar-refractivity contribution in [3.05, 3.63) is 0 Å². The van der Waals surface area contributed by atoms with Crippen LogP contribution in [0.25, 0.3) is 0 Å². The molecular weight excluding hydrogens is 218 g/mol. The van der Waals surface area contributed by atoms with Crippen LogP contribution >= 0.6 is 0 Å². The highest BCUT2D eigenvalue weighted by atomic mass is 16.6. The molecule has 0 bridgehead atoms. The maximum atomic E-state index is 10.3. The lowest BCUT2D eigenvalue weighted by Crippen LogP contribution is -2.28. The van der Waals surface area contributed by atoms with E-state index in [0.29, 0.717) is 5.41 Å². The van der Waals surface area contributed by atoms with E-state index in [4.69, 9.17) is 9.94 Å².